The van der Waals surface area contributed by atoms with Gasteiger partial charge in [-0.15, -0.1) is 0 Å². The van der Waals surface area contributed by atoms with E-state index >= 15 is 0 Å². The van der Waals surface area contributed by atoms with Crippen LogP contribution in [-0.2, 0) is 14.3 Å². The number of carbonyl (C=O) groups excluding carboxylic acids is 2. The van der Waals surface area contributed by atoms with Crippen molar-refractivity contribution in [3.8, 4) is 0 Å². The first kappa shape index (κ1) is 15.5. The number of amides is 1. The summed E-state index contributed by atoms with van der Waals surface area (Å²) in [5, 5.41) is 20.6. The number of rotatable bonds is 4. The highest BCUT2D eigenvalue weighted by Gasteiger charge is 2.42. The first-order chi connectivity index (χ1) is 10.4. The van der Waals surface area contributed by atoms with Gasteiger partial charge in [0.05, 0.1) is 17.6 Å². The molecule has 0 saturated carbocycles. The number of aliphatic hydroxyl groups excluding tert-OH is 1. The van der Waals surface area contributed by atoms with Crippen LogP contribution in [0.4, 0.5) is 5.69 Å². The van der Waals surface area contributed by atoms with E-state index in [1.807, 2.05) is 0 Å². The molecule has 1 atom stereocenters. The SMILES string of the molecule is CCOC(=O)C1=C(O)C(=O)N(C)C1c1ccc([N+](=O)[O-])cc1. The molecule has 1 heterocycles. The highest BCUT2D eigenvalue weighted by molar-refractivity contribution is 6.06. The van der Waals surface area contributed by atoms with Crippen LogP contribution < -0.4 is 0 Å². The Balaban J connectivity index is 2.44. The van der Waals surface area contributed by atoms with Gasteiger partial charge >= 0.3 is 5.97 Å². The van der Waals surface area contributed by atoms with Crippen LogP contribution in [0.2, 0.25) is 0 Å². The van der Waals surface area contributed by atoms with Crippen LogP contribution in [0.3, 0.4) is 0 Å². The molecule has 1 aromatic carbocycles. The van der Waals surface area contributed by atoms with Crippen molar-refractivity contribution in [1.29, 1.82) is 0 Å². The Morgan fingerprint density at radius 3 is 2.50 bits per heavy atom. The van der Waals surface area contributed by atoms with Gasteiger partial charge in [-0.05, 0) is 24.6 Å². The van der Waals surface area contributed by atoms with Crippen molar-refractivity contribution in [2.75, 3.05) is 13.7 Å². The minimum absolute atomic E-state index is 0.0977. The van der Waals surface area contributed by atoms with Gasteiger partial charge in [-0.3, -0.25) is 14.9 Å². The molecule has 0 aliphatic carbocycles. The third-order valence-corrected chi connectivity index (χ3v) is 3.35. The molecular weight excluding hydrogens is 292 g/mol. The van der Waals surface area contributed by atoms with Crippen molar-refractivity contribution in [1.82, 2.24) is 4.90 Å². The van der Waals surface area contributed by atoms with Gasteiger partial charge in [0, 0.05) is 19.2 Å². The molecule has 1 unspecified atom stereocenters. The average Bonchev–Trinajstić information content (AvgIpc) is 2.72. The number of nitrogens with zero attached hydrogens (tertiary/aromatic N) is 2. The highest BCUT2D eigenvalue weighted by atomic mass is 16.6. The Kier molecular flexibility index (Phi) is 4.11. The number of likely N-dealkylation sites (N-methyl/N-ethyl adjacent to an activating group) is 1. The molecule has 8 heteroatoms. The average molecular weight is 306 g/mol. The number of benzene rings is 1. The van der Waals surface area contributed by atoms with E-state index in [-0.39, 0.29) is 17.9 Å². The van der Waals surface area contributed by atoms with Gasteiger partial charge in [0.15, 0.2) is 5.76 Å². The number of non-ortho nitro benzene ring substituents is 1. The van der Waals surface area contributed by atoms with Crippen LogP contribution in [0, 0.1) is 10.1 Å². The van der Waals surface area contributed by atoms with Gasteiger partial charge < -0.3 is 14.7 Å². The van der Waals surface area contributed by atoms with Crippen molar-refractivity contribution < 1.29 is 24.4 Å². The summed E-state index contributed by atoms with van der Waals surface area (Å²) >= 11 is 0. The summed E-state index contributed by atoms with van der Waals surface area (Å²) in [7, 11) is 1.43. The van der Waals surface area contributed by atoms with E-state index in [1.54, 1.807) is 6.92 Å². The molecule has 0 bridgehead atoms. The van der Waals surface area contributed by atoms with Gasteiger partial charge in [-0.25, -0.2) is 4.79 Å². The lowest BCUT2D eigenvalue weighted by atomic mass is 9.99. The van der Waals surface area contributed by atoms with Crippen LogP contribution in [0.25, 0.3) is 0 Å². The minimum atomic E-state index is -0.840. The predicted molar refractivity (Wildman–Crippen MR) is 74.9 cm³/mol. The maximum atomic E-state index is 12.0. The Labute approximate surface area is 125 Å². The van der Waals surface area contributed by atoms with Crippen molar-refractivity contribution in [3.63, 3.8) is 0 Å². The zero-order chi connectivity index (χ0) is 16.4. The number of nitro groups is 1. The second-order valence-electron chi connectivity index (χ2n) is 4.65. The number of hydrogen-bond donors (Lipinski definition) is 1. The van der Waals surface area contributed by atoms with E-state index in [9.17, 15) is 24.8 Å². The molecule has 22 heavy (non-hydrogen) atoms. The van der Waals surface area contributed by atoms with E-state index in [4.69, 9.17) is 4.74 Å². The summed E-state index contributed by atoms with van der Waals surface area (Å²) in [5.74, 6) is -2.16. The van der Waals surface area contributed by atoms with E-state index in [1.165, 1.54) is 36.2 Å². The van der Waals surface area contributed by atoms with Gasteiger partial charge in [0.2, 0.25) is 0 Å². The lowest BCUT2D eigenvalue weighted by molar-refractivity contribution is -0.384. The van der Waals surface area contributed by atoms with E-state index in [0.717, 1.165) is 0 Å². The Morgan fingerprint density at radius 1 is 1.41 bits per heavy atom. The second kappa shape index (κ2) is 5.84. The number of esters is 1. The first-order valence-corrected chi connectivity index (χ1v) is 6.50. The molecule has 2 rings (SSSR count). The van der Waals surface area contributed by atoms with Gasteiger partial charge in [0.25, 0.3) is 11.6 Å². The molecule has 0 radical (unpaired) electrons. The summed E-state index contributed by atoms with van der Waals surface area (Å²) in [6.07, 6.45) is 0. The second-order valence-corrected chi connectivity index (χ2v) is 4.65. The predicted octanol–water partition coefficient (Wildman–Crippen LogP) is 1.48. The van der Waals surface area contributed by atoms with Crippen molar-refractivity contribution in [3.05, 3.63) is 51.3 Å². The first-order valence-electron chi connectivity index (χ1n) is 6.50. The summed E-state index contributed by atoms with van der Waals surface area (Å²) in [6, 6.07) is 4.57. The fraction of sp³-hybridized carbons (Fsp3) is 0.286. The topological polar surface area (TPSA) is 110 Å². The number of aliphatic hydroxyl groups is 1. The molecule has 1 aromatic rings. The molecule has 0 aromatic heterocycles. The summed E-state index contributed by atoms with van der Waals surface area (Å²) in [4.78, 5) is 35.2. The van der Waals surface area contributed by atoms with Crippen LogP contribution in [-0.4, -0.2) is 40.5 Å². The Hall–Kier alpha value is -2.90. The maximum Gasteiger partial charge on any atom is 0.340 e. The zero-order valence-electron chi connectivity index (χ0n) is 12.0. The van der Waals surface area contributed by atoms with Crippen molar-refractivity contribution >= 4 is 17.6 Å². The zero-order valence-corrected chi connectivity index (χ0v) is 12.0. The molecule has 0 spiro atoms. The number of nitro benzene ring substituents is 1. The number of carbonyl (C=O) groups is 2. The van der Waals surface area contributed by atoms with Crippen LogP contribution >= 0.6 is 0 Å². The van der Waals surface area contributed by atoms with E-state index in [0.29, 0.717) is 5.56 Å². The van der Waals surface area contributed by atoms with E-state index < -0.39 is 28.6 Å². The molecular formula is C14H14N2O6. The van der Waals surface area contributed by atoms with Crippen LogP contribution in [0.5, 0.6) is 0 Å². The number of hydrogen-bond acceptors (Lipinski definition) is 6. The Morgan fingerprint density at radius 2 is 2.00 bits per heavy atom. The molecule has 1 aliphatic heterocycles. The number of ether oxygens (including phenoxy) is 1. The third-order valence-electron chi connectivity index (χ3n) is 3.35. The normalized spacial score (nSPS) is 17.8. The van der Waals surface area contributed by atoms with Crippen LogP contribution in [0.1, 0.15) is 18.5 Å². The molecule has 1 aliphatic rings. The monoisotopic (exact) mass is 306 g/mol. The maximum absolute atomic E-state index is 12.0. The third kappa shape index (κ3) is 2.50. The fourth-order valence-corrected chi connectivity index (χ4v) is 2.31. The largest absolute Gasteiger partial charge is 0.503 e. The van der Waals surface area contributed by atoms with Crippen molar-refractivity contribution in [2.24, 2.45) is 0 Å². The standard InChI is InChI=1S/C14H14N2O6/c1-3-22-14(19)10-11(15(2)13(18)12(10)17)8-4-6-9(7-5-8)16(20)21/h4-7,11,17H,3H2,1-2H3. The van der Waals surface area contributed by atoms with Crippen LogP contribution in [0.15, 0.2) is 35.6 Å². The molecule has 0 saturated heterocycles. The fourth-order valence-electron chi connectivity index (χ4n) is 2.31. The molecule has 116 valence electrons. The molecule has 1 N–H and O–H groups in total. The summed E-state index contributed by atoms with van der Waals surface area (Å²) in [5.41, 5.74) is 0.193. The molecule has 0 fully saturated rings. The Bertz CT molecular complexity index is 664. The van der Waals surface area contributed by atoms with Gasteiger partial charge in [-0.1, -0.05) is 0 Å². The summed E-state index contributed by atoms with van der Waals surface area (Å²) < 4.78 is 4.86. The highest BCUT2D eigenvalue weighted by Crippen LogP contribution is 2.37. The minimum Gasteiger partial charge on any atom is -0.503 e. The van der Waals surface area contributed by atoms with Gasteiger partial charge in [0.1, 0.15) is 5.57 Å². The molecule has 1 amide bonds. The smallest absolute Gasteiger partial charge is 0.340 e. The van der Waals surface area contributed by atoms with Crippen molar-refractivity contribution in [2.45, 2.75) is 13.0 Å². The summed E-state index contributed by atoms with van der Waals surface area (Å²) in [6.45, 7) is 1.71. The van der Waals surface area contributed by atoms with Gasteiger partial charge in [-0.2, -0.15) is 0 Å². The lowest BCUT2D eigenvalue weighted by Crippen LogP contribution is -2.27. The van der Waals surface area contributed by atoms with E-state index in [2.05, 4.69) is 0 Å². The quantitative estimate of drug-likeness (QED) is 0.512. The molecule has 8 nitrogen and oxygen atoms in total. The lowest BCUT2D eigenvalue weighted by Gasteiger charge is -2.22.